The van der Waals surface area contributed by atoms with Gasteiger partial charge in [-0.1, -0.05) is 6.07 Å². The first-order valence-corrected chi connectivity index (χ1v) is 6.44. The molecular weight excluding hydrogens is 222 g/mol. The summed E-state index contributed by atoms with van der Waals surface area (Å²) >= 11 is 1.69. The van der Waals surface area contributed by atoms with Gasteiger partial charge in [0.1, 0.15) is 5.75 Å². The van der Waals surface area contributed by atoms with Gasteiger partial charge in [0.2, 0.25) is 5.91 Å². The molecule has 0 aromatic heterocycles. The SMILES string of the molecule is Cc1ccc(NC(=O)C2CCCS2)c(O)c1. The van der Waals surface area contributed by atoms with Crippen LogP contribution in [0.4, 0.5) is 5.69 Å². The van der Waals surface area contributed by atoms with Gasteiger partial charge in [0.25, 0.3) is 0 Å². The van der Waals surface area contributed by atoms with Gasteiger partial charge in [0, 0.05) is 0 Å². The number of thioether (sulfide) groups is 1. The number of nitrogens with one attached hydrogen (secondary N) is 1. The maximum Gasteiger partial charge on any atom is 0.237 e. The Morgan fingerprint density at radius 3 is 3.00 bits per heavy atom. The van der Waals surface area contributed by atoms with Gasteiger partial charge in [-0.25, -0.2) is 0 Å². The fraction of sp³-hybridized carbons (Fsp3) is 0.417. The molecule has 1 aliphatic heterocycles. The standard InChI is InChI=1S/C12H15NO2S/c1-8-4-5-9(10(14)7-8)13-12(15)11-3-2-6-16-11/h4-5,7,11,14H,2-3,6H2,1H3,(H,13,15). The maximum absolute atomic E-state index is 11.8. The summed E-state index contributed by atoms with van der Waals surface area (Å²) in [5.41, 5.74) is 1.48. The Kier molecular flexibility index (Phi) is 3.39. The third kappa shape index (κ3) is 2.50. The van der Waals surface area contributed by atoms with Crippen LogP contribution >= 0.6 is 11.8 Å². The molecule has 1 unspecified atom stereocenters. The molecule has 1 atom stereocenters. The summed E-state index contributed by atoms with van der Waals surface area (Å²) in [5, 5.41) is 12.5. The Morgan fingerprint density at radius 1 is 1.56 bits per heavy atom. The largest absolute Gasteiger partial charge is 0.506 e. The highest BCUT2D eigenvalue weighted by Gasteiger charge is 2.23. The summed E-state index contributed by atoms with van der Waals surface area (Å²) in [4.78, 5) is 11.8. The van der Waals surface area contributed by atoms with Crippen LogP contribution in [0.25, 0.3) is 0 Å². The van der Waals surface area contributed by atoms with E-state index in [4.69, 9.17) is 0 Å². The van der Waals surface area contributed by atoms with Gasteiger partial charge in [-0.05, 0) is 43.2 Å². The first-order valence-electron chi connectivity index (χ1n) is 5.39. The van der Waals surface area contributed by atoms with E-state index in [1.54, 1.807) is 23.9 Å². The molecule has 0 bridgehead atoms. The number of aryl methyl sites for hydroxylation is 1. The van der Waals surface area contributed by atoms with E-state index in [1.807, 2.05) is 13.0 Å². The number of benzene rings is 1. The zero-order valence-corrected chi connectivity index (χ0v) is 10.0. The minimum absolute atomic E-state index is 0.00153. The van der Waals surface area contributed by atoms with Crippen LogP contribution in [0.2, 0.25) is 0 Å². The van der Waals surface area contributed by atoms with Crippen molar-refractivity contribution in [3.63, 3.8) is 0 Å². The molecule has 0 spiro atoms. The van der Waals surface area contributed by atoms with Crippen molar-refractivity contribution in [2.45, 2.75) is 25.0 Å². The van der Waals surface area contributed by atoms with Crippen molar-refractivity contribution in [1.82, 2.24) is 0 Å². The van der Waals surface area contributed by atoms with Crippen molar-refractivity contribution in [2.24, 2.45) is 0 Å². The van der Waals surface area contributed by atoms with Crippen LogP contribution in [-0.2, 0) is 4.79 Å². The second kappa shape index (κ2) is 4.78. The Hall–Kier alpha value is -1.16. The number of hydrogen-bond acceptors (Lipinski definition) is 3. The molecule has 0 aliphatic carbocycles. The highest BCUT2D eigenvalue weighted by molar-refractivity contribution is 8.00. The van der Waals surface area contributed by atoms with Crippen LogP contribution in [0.3, 0.4) is 0 Å². The van der Waals surface area contributed by atoms with Crippen molar-refractivity contribution in [2.75, 3.05) is 11.1 Å². The molecule has 1 amide bonds. The molecule has 1 aromatic carbocycles. The van der Waals surface area contributed by atoms with E-state index >= 15 is 0 Å². The van der Waals surface area contributed by atoms with E-state index in [1.165, 1.54) is 0 Å². The zero-order chi connectivity index (χ0) is 11.5. The maximum atomic E-state index is 11.8. The Labute approximate surface area is 99.2 Å². The van der Waals surface area contributed by atoms with Gasteiger partial charge in [-0.15, -0.1) is 11.8 Å². The van der Waals surface area contributed by atoms with Crippen LogP contribution in [0.1, 0.15) is 18.4 Å². The Bertz CT molecular complexity index is 400. The smallest absolute Gasteiger partial charge is 0.237 e. The predicted octanol–water partition coefficient (Wildman–Crippen LogP) is 2.53. The number of aromatic hydroxyl groups is 1. The van der Waals surface area contributed by atoms with Crippen LogP contribution in [0.15, 0.2) is 18.2 Å². The van der Waals surface area contributed by atoms with E-state index in [0.29, 0.717) is 5.69 Å². The number of amides is 1. The summed E-state index contributed by atoms with van der Waals surface area (Å²) in [5.74, 6) is 1.19. The van der Waals surface area contributed by atoms with Crippen LogP contribution < -0.4 is 5.32 Å². The number of carbonyl (C=O) groups excluding carboxylic acids is 1. The molecule has 86 valence electrons. The average molecular weight is 237 g/mol. The van der Waals surface area contributed by atoms with Crippen LogP contribution in [-0.4, -0.2) is 22.0 Å². The molecule has 0 saturated carbocycles. The second-order valence-electron chi connectivity index (χ2n) is 4.01. The summed E-state index contributed by atoms with van der Waals surface area (Å²) in [6.07, 6.45) is 2.03. The molecule has 1 aliphatic rings. The van der Waals surface area contributed by atoms with Crippen molar-refractivity contribution in [3.8, 4) is 5.75 Å². The fourth-order valence-electron chi connectivity index (χ4n) is 1.75. The third-order valence-electron chi connectivity index (χ3n) is 2.63. The van der Waals surface area contributed by atoms with E-state index in [9.17, 15) is 9.90 Å². The summed E-state index contributed by atoms with van der Waals surface area (Å²) in [6, 6.07) is 5.26. The monoisotopic (exact) mass is 237 g/mol. The molecule has 1 aromatic rings. The third-order valence-corrected chi connectivity index (χ3v) is 4.01. The summed E-state index contributed by atoms with van der Waals surface area (Å²) < 4.78 is 0. The van der Waals surface area contributed by atoms with Gasteiger partial charge in [-0.2, -0.15) is 0 Å². The first kappa shape index (κ1) is 11.3. The topological polar surface area (TPSA) is 49.3 Å². The van der Waals surface area contributed by atoms with E-state index in [0.717, 1.165) is 24.2 Å². The highest BCUT2D eigenvalue weighted by atomic mass is 32.2. The quantitative estimate of drug-likeness (QED) is 0.777. The molecule has 2 N–H and O–H groups in total. The molecule has 1 heterocycles. The number of anilines is 1. The summed E-state index contributed by atoms with van der Waals surface area (Å²) in [7, 11) is 0. The van der Waals surface area contributed by atoms with Crippen molar-refractivity contribution < 1.29 is 9.90 Å². The summed E-state index contributed by atoms with van der Waals surface area (Å²) in [6.45, 7) is 1.90. The number of rotatable bonds is 2. The number of hydrogen-bond donors (Lipinski definition) is 2. The molecule has 2 rings (SSSR count). The second-order valence-corrected chi connectivity index (χ2v) is 5.32. The Morgan fingerprint density at radius 2 is 2.38 bits per heavy atom. The van der Waals surface area contributed by atoms with Gasteiger partial charge in [0.05, 0.1) is 10.9 Å². The molecule has 0 radical (unpaired) electrons. The van der Waals surface area contributed by atoms with Gasteiger partial charge in [-0.3, -0.25) is 4.79 Å². The lowest BCUT2D eigenvalue weighted by Crippen LogP contribution is -2.22. The normalized spacial score (nSPS) is 19.7. The lowest BCUT2D eigenvalue weighted by molar-refractivity contribution is -0.115. The van der Waals surface area contributed by atoms with Crippen LogP contribution in [0.5, 0.6) is 5.75 Å². The van der Waals surface area contributed by atoms with Crippen molar-refractivity contribution >= 4 is 23.4 Å². The first-order chi connectivity index (χ1) is 7.66. The highest BCUT2D eigenvalue weighted by Crippen LogP contribution is 2.29. The number of phenols is 1. The Balaban J connectivity index is 2.05. The zero-order valence-electron chi connectivity index (χ0n) is 9.19. The molecule has 4 heteroatoms. The fourth-order valence-corrected chi connectivity index (χ4v) is 2.91. The number of carbonyl (C=O) groups is 1. The number of phenolic OH excluding ortho intramolecular Hbond substituents is 1. The van der Waals surface area contributed by atoms with E-state index in [-0.39, 0.29) is 16.9 Å². The van der Waals surface area contributed by atoms with Gasteiger partial charge >= 0.3 is 0 Å². The van der Waals surface area contributed by atoms with Crippen molar-refractivity contribution in [1.29, 1.82) is 0 Å². The minimum atomic E-state index is 0.00153. The predicted molar refractivity (Wildman–Crippen MR) is 67.0 cm³/mol. The molecule has 3 nitrogen and oxygen atoms in total. The average Bonchev–Trinajstić information content (AvgIpc) is 2.75. The van der Waals surface area contributed by atoms with E-state index < -0.39 is 0 Å². The van der Waals surface area contributed by atoms with Gasteiger partial charge < -0.3 is 10.4 Å². The minimum Gasteiger partial charge on any atom is -0.506 e. The lowest BCUT2D eigenvalue weighted by atomic mass is 10.2. The molecular formula is C12H15NO2S. The van der Waals surface area contributed by atoms with E-state index in [2.05, 4.69) is 5.32 Å². The van der Waals surface area contributed by atoms with Crippen LogP contribution in [0, 0.1) is 6.92 Å². The van der Waals surface area contributed by atoms with Gasteiger partial charge in [0.15, 0.2) is 0 Å². The molecule has 1 saturated heterocycles. The molecule has 16 heavy (non-hydrogen) atoms. The lowest BCUT2D eigenvalue weighted by Gasteiger charge is -2.11. The molecule has 1 fully saturated rings. The van der Waals surface area contributed by atoms with Crippen molar-refractivity contribution in [3.05, 3.63) is 23.8 Å².